The summed E-state index contributed by atoms with van der Waals surface area (Å²) in [7, 11) is 0. The number of nitrogens with zero attached hydrogens (tertiary/aromatic N) is 3. The van der Waals surface area contributed by atoms with Crippen LogP contribution in [0.25, 0.3) is 0 Å². The normalized spacial score (nSPS) is 10.8. The molecule has 0 bridgehead atoms. The Kier molecular flexibility index (Phi) is 3.37. The molecular weight excluding hydrogens is 252 g/mol. The fourth-order valence-electron chi connectivity index (χ4n) is 1.30. The smallest absolute Gasteiger partial charge is 0.291 e. The van der Waals surface area contributed by atoms with Gasteiger partial charge in [0, 0.05) is 24.0 Å². The molecule has 0 fully saturated rings. The van der Waals surface area contributed by atoms with Gasteiger partial charge in [0.2, 0.25) is 5.95 Å². The van der Waals surface area contributed by atoms with Gasteiger partial charge >= 0.3 is 5.69 Å². The van der Waals surface area contributed by atoms with Crippen LogP contribution in [0, 0.1) is 6.92 Å². The number of anilines is 1. The molecule has 0 atom stereocenters. The summed E-state index contributed by atoms with van der Waals surface area (Å²) in [5.74, 6) is 0.152. The first-order chi connectivity index (χ1) is 9.04. The lowest BCUT2D eigenvalue weighted by atomic mass is 10.5. The summed E-state index contributed by atoms with van der Waals surface area (Å²) in [5, 5.41) is 3.72. The lowest BCUT2D eigenvalue weighted by Gasteiger charge is -2.00. The molecule has 0 amide bonds. The zero-order valence-corrected chi connectivity index (χ0v) is 9.88. The van der Waals surface area contributed by atoms with Gasteiger partial charge in [-0.25, -0.2) is 15.2 Å². The molecule has 19 heavy (non-hydrogen) atoms. The maximum absolute atomic E-state index is 11.3. The first-order valence-electron chi connectivity index (χ1n) is 5.23. The Morgan fingerprint density at radius 3 is 2.79 bits per heavy atom. The van der Waals surface area contributed by atoms with Gasteiger partial charge in [-0.15, -0.1) is 0 Å². The summed E-state index contributed by atoms with van der Waals surface area (Å²) in [6, 6.07) is 2.52. The highest BCUT2D eigenvalue weighted by molar-refractivity contribution is 5.58. The molecule has 0 saturated carbocycles. The van der Waals surface area contributed by atoms with Gasteiger partial charge < -0.3 is 0 Å². The standard InChI is InChI=1S/C10H10N6O3/c1-6-4-8(18)13-9(12-6)15-11-5-16-3-2-7(17)14-10(16)19/h2-5H,1H3,(H,14,17,19)(H2,12,13,15,18)/b11-5+. The average Bonchev–Trinajstić information content (AvgIpc) is 2.30. The van der Waals surface area contributed by atoms with E-state index in [9.17, 15) is 14.4 Å². The van der Waals surface area contributed by atoms with Crippen LogP contribution in [0.5, 0.6) is 0 Å². The molecular formula is C10H10N6O3. The zero-order valence-electron chi connectivity index (χ0n) is 9.88. The fraction of sp³-hybridized carbons (Fsp3) is 0.100. The third-order valence-electron chi connectivity index (χ3n) is 2.07. The van der Waals surface area contributed by atoms with Gasteiger partial charge in [0.05, 0.1) is 0 Å². The van der Waals surface area contributed by atoms with E-state index in [2.05, 4.69) is 25.5 Å². The van der Waals surface area contributed by atoms with Crippen molar-refractivity contribution in [1.29, 1.82) is 0 Å². The average molecular weight is 262 g/mol. The van der Waals surface area contributed by atoms with Crippen LogP contribution in [0.4, 0.5) is 5.95 Å². The second-order valence-electron chi connectivity index (χ2n) is 3.61. The van der Waals surface area contributed by atoms with E-state index >= 15 is 0 Å². The predicted molar refractivity (Wildman–Crippen MR) is 68.4 cm³/mol. The Balaban J connectivity index is 2.18. The van der Waals surface area contributed by atoms with Gasteiger partial charge in [-0.1, -0.05) is 0 Å². The Bertz CT molecular complexity index is 785. The molecule has 2 rings (SSSR count). The minimum absolute atomic E-state index is 0.152. The summed E-state index contributed by atoms with van der Waals surface area (Å²) in [5.41, 5.74) is 1.57. The van der Waals surface area contributed by atoms with E-state index in [4.69, 9.17) is 0 Å². The molecule has 0 aromatic carbocycles. The Hall–Kier alpha value is -2.97. The van der Waals surface area contributed by atoms with E-state index in [1.807, 2.05) is 0 Å². The van der Waals surface area contributed by atoms with Crippen LogP contribution >= 0.6 is 0 Å². The predicted octanol–water partition coefficient (Wildman–Crippen LogP) is -1.17. The van der Waals surface area contributed by atoms with Crippen molar-refractivity contribution in [3.63, 3.8) is 0 Å². The number of aromatic amines is 2. The quantitative estimate of drug-likeness (QED) is 0.365. The summed E-state index contributed by atoms with van der Waals surface area (Å²) in [6.07, 6.45) is 2.40. The summed E-state index contributed by atoms with van der Waals surface area (Å²) in [4.78, 5) is 41.8. The van der Waals surface area contributed by atoms with Crippen LogP contribution in [0.1, 0.15) is 5.69 Å². The molecule has 0 unspecified atom stereocenters. The Labute approximate surface area is 105 Å². The van der Waals surface area contributed by atoms with Crippen molar-refractivity contribution in [1.82, 2.24) is 19.5 Å². The number of hydrogen-bond donors (Lipinski definition) is 3. The number of nitrogens with one attached hydrogen (secondary N) is 3. The lowest BCUT2D eigenvalue weighted by Crippen LogP contribution is -2.28. The van der Waals surface area contributed by atoms with Crippen LogP contribution in [0.15, 0.2) is 37.8 Å². The van der Waals surface area contributed by atoms with Crippen LogP contribution in [0.2, 0.25) is 0 Å². The molecule has 0 aliphatic rings. The van der Waals surface area contributed by atoms with Crippen LogP contribution in [-0.4, -0.2) is 25.9 Å². The van der Waals surface area contributed by atoms with Crippen LogP contribution in [0.3, 0.4) is 0 Å². The van der Waals surface area contributed by atoms with Crippen molar-refractivity contribution in [3.05, 3.63) is 55.2 Å². The molecule has 0 radical (unpaired) electrons. The highest BCUT2D eigenvalue weighted by Crippen LogP contribution is 1.94. The highest BCUT2D eigenvalue weighted by Gasteiger charge is 1.95. The largest absolute Gasteiger partial charge is 0.333 e. The van der Waals surface area contributed by atoms with Crippen molar-refractivity contribution < 1.29 is 0 Å². The summed E-state index contributed by atoms with van der Waals surface area (Å²) >= 11 is 0. The van der Waals surface area contributed by atoms with E-state index in [1.165, 1.54) is 18.3 Å². The molecule has 2 aromatic rings. The molecule has 0 aliphatic carbocycles. The molecule has 0 aliphatic heterocycles. The zero-order chi connectivity index (χ0) is 13.8. The summed E-state index contributed by atoms with van der Waals surface area (Å²) in [6.45, 7) is 1.66. The molecule has 9 heteroatoms. The number of hydrazone groups is 1. The minimum atomic E-state index is -0.622. The Morgan fingerprint density at radius 2 is 2.11 bits per heavy atom. The van der Waals surface area contributed by atoms with Gasteiger partial charge in [0.25, 0.3) is 11.1 Å². The first kappa shape index (κ1) is 12.5. The SMILES string of the molecule is Cc1cc(=O)[nH]c(N/N=C/n2ccc(=O)[nH]c2=O)n1. The molecule has 3 N–H and O–H groups in total. The van der Waals surface area contributed by atoms with Gasteiger partial charge in [-0.05, 0) is 6.92 Å². The van der Waals surface area contributed by atoms with Crippen molar-refractivity contribution in [3.8, 4) is 0 Å². The maximum atomic E-state index is 11.3. The van der Waals surface area contributed by atoms with Gasteiger partial charge in [-0.2, -0.15) is 5.10 Å². The highest BCUT2D eigenvalue weighted by atomic mass is 16.2. The van der Waals surface area contributed by atoms with E-state index < -0.39 is 11.2 Å². The van der Waals surface area contributed by atoms with Gasteiger partial charge in [0.1, 0.15) is 6.34 Å². The molecule has 2 aromatic heterocycles. The Morgan fingerprint density at radius 1 is 1.32 bits per heavy atom. The fourth-order valence-corrected chi connectivity index (χ4v) is 1.30. The molecule has 0 spiro atoms. The van der Waals surface area contributed by atoms with Gasteiger partial charge in [0.15, 0.2) is 0 Å². The molecule has 98 valence electrons. The van der Waals surface area contributed by atoms with Crippen molar-refractivity contribution >= 4 is 12.3 Å². The van der Waals surface area contributed by atoms with Crippen LogP contribution in [-0.2, 0) is 0 Å². The van der Waals surface area contributed by atoms with Crippen molar-refractivity contribution in [2.45, 2.75) is 6.92 Å². The van der Waals surface area contributed by atoms with E-state index in [0.29, 0.717) is 5.69 Å². The van der Waals surface area contributed by atoms with Crippen molar-refractivity contribution in [2.75, 3.05) is 5.43 Å². The monoisotopic (exact) mass is 262 g/mol. The third-order valence-corrected chi connectivity index (χ3v) is 2.07. The second kappa shape index (κ2) is 5.12. The van der Waals surface area contributed by atoms with E-state index in [-0.39, 0.29) is 11.5 Å². The lowest BCUT2D eigenvalue weighted by molar-refractivity contribution is 0.946. The number of aryl methyl sites for hydroxylation is 1. The number of hydrogen-bond acceptors (Lipinski definition) is 6. The van der Waals surface area contributed by atoms with Crippen LogP contribution < -0.4 is 22.2 Å². The van der Waals surface area contributed by atoms with E-state index in [0.717, 1.165) is 10.9 Å². The topological polar surface area (TPSA) is 125 Å². The number of aromatic nitrogens is 4. The number of H-pyrrole nitrogens is 2. The third kappa shape index (κ3) is 3.25. The number of rotatable bonds is 3. The second-order valence-corrected chi connectivity index (χ2v) is 3.61. The maximum Gasteiger partial charge on any atom is 0.333 e. The van der Waals surface area contributed by atoms with E-state index in [1.54, 1.807) is 6.92 Å². The first-order valence-corrected chi connectivity index (χ1v) is 5.23. The molecule has 9 nitrogen and oxygen atoms in total. The minimum Gasteiger partial charge on any atom is -0.291 e. The molecule has 2 heterocycles. The van der Waals surface area contributed by atoms with Gasteiger partial charge in [-0.3, -0.25) is 24.1 Å². The molecule has 0 saturated heterocycles. The summed E-state index contributed by atoms with van der Waals surface area (Å²) < 4.78 is 1.06. The van der Waals surface area contributed by atoms with Crippen molar-refractivity contribution in [2.24, 2.45) is 5.10 Å².